The van der Waals surface area contributed by atoms with Crippen molar-refractivity contribution >= 4 is 11.6 Å². The summed E-state index contributed by atoms with van der Waals surface area (Å²) in [7, 11) is 0. The van der Waals surface area contributed by atoms with Gasteiger partial charge in [0.25, 0.3) is 5.91 Å². The Morgan fingerprint density at radius 2 is 1.80 bits per heavy atom. The fourth-order valence-corrected chi connectivity index (χ4v) is 1.63. The van der Waals surface area contributed by atoms with Crippen molar-refractivity contribution in [2.24, 2.45) is 5.10 Å². The van der Waals surface area contributed by atoms with E-state index in [2.05, 4.69) is 10.5 Å². The molecule has 0 fully saturated rings. The van der Waals surface area contributed by atoms with Crippen LogP contribution in [0.4, 0.5) is 8.78 Å². The first-order chi connectivity index (χ1) is 9.58. The molecule has 0 radical (unpaired) electrons. The summed E-state index contributed by atoms with van der Waals surface area (Å²) in [5, 5.41) is 3.82. The molecule has 0 unspecified atom stereocenters. The Morgan fingerprint density at radius 1 is 1.10 bits per heavy atom. The van der Waals surface area contributed by atoms with Crippen molar-refractivity contribution in [2.45, 2.75) is 6.92 Å². The highest BCUT2D eigenvalue weighted by Gasteiger charge is 2.08. The van der Waals surface area contributed by atoms with E-state index in [0.29, 0.717) is 5.56 Å². The number of carbonyl (C=O) groups is 1. The SMILES string of the molecule is C/C(=N/NC(=O)c1ccccc1)c1ccc(F)cc1F. The Hall–Kier alpha value is -2.56. The van der Waals surface area contributed by atoms with Gasteiger partial charge in [-0.25, -0.2) is 14.2 Å². The number of benzene rings is 2. The summed E-state index contributed by atoms with van der Waals surface area (Å²) in [6, 6.07) is 11.7. The van der Waals surface area contributed by atoms with Gasteiger partial charge in [0.05, 0.1) is 5.71 Å². The van der Waals surface area contributed by atoms with Gasteiger partial charge in [0.1, 0.15) is 11.6 Å². The number of nitrogens with one attached hydrogen (secondary N) is 1. The summed E-state index contributed by atoms with van der Waals surface area (Å²) in [4.78, 5) is 11.7. The lowest BCUT2D eigenvalue weighted by Gasteiger charge is -2.04. The summed E-state index contributed by atoms with van der Waals surface area (Å²) >= 11 is 0. The van der Waals surface area contributed by atoms with Gasteiger partial charge < -0.3 is 0 Å². The third kappa shape index (κ3) is 3.26. The Morgan fingerprint density at radius 3 is 2.45 bits per heavy atom. The quantitative estimate of drug-likeness (QED) is 0.678. The van der Waals surface area contributed by atoms with Gasteiger partial charge in [0.2, 0.25) is 0 Å². The van der Waals surface area contributed by atoms with E-state index in [-0.39, 0.29) is 11.3 Å². The van der Waals surface area contributed by atoms with E-state index in [4.69, 9.17) is 0 Å². The molecule has 0 aliphatic carbocycles. The maximum absolute atomic E-state index is 13.5. The van der Waals surface area contributed by atoms with Crippen LogP contribution in [0.3, 0.4) is 0 Å². The van der Waals surface area contributed by atoms with Gasteiger partial charge in [-0.15, -0.1) is 0 Å². The van der Waals surface area contributed by atoms with Crippen LogP contribution in [0.1, 0.15) is 22.8 Å². The molecule has 0 heterocycles. The molecule has 2 aromatic rings. The fourth-order valence-electron chi connectivity index (χ4n) is 1.63. The molecule has 2 rings (SSSR count). The second-order valence-corrected chi connectivity index (χ2v) is 4.13. The van der Waals surface area contributed by atoms with E-state index < -0.39 is 17.5 Å². The highest BCUT2D eigenvalue weighted by Crippen LogP contribution is 2.10. The lowest BCUT2D eigenvalue weighted by atomic mass is 10.1. The number of rotatable bonds is 3. The van der Waals surface area contributed by atoms with Crippen molar-refractivity contribution in [3.05, 3.63) is 71.3 Å². The molecule has 20 heavy (non-hydrogen) atoms. The van der Waals surface area contributed by atoms with Crippen molar-refractivity contribution in [3.8, 4) is 0 Å². The largest absolute Gasteiger partial charge is 0.271 e. The van der Waals surface area contributed by atoms with E-state index in [9.17, 15) is 13.6 Å². The van der Waals surface area contributed by atoms with Crippen LogP contribution in [0.15, 0.2) is 53.6 Å². The van der Waals surface area contributed by atoms with Gasteiger partial charge in [-0.2, -0.15) is 5.10 Å². The summed E-state index contributed by atoms with van der Waals surface area (Å²) in [6.45, 7) is 1.53. The van der Waals surface area contributed by atoms with E-state index in [0.717, 1.165) is 12.1 Å². The van der Waals surface area contributed by atoms with Crippen molar-refractivity contribution in [2.75, 3.05) is 0 Å². The molecule has 0 atom stereocenters. The third-order valence-electron chi connectivity index (χ3n) is 2.68. The van der Waals surface area contributed by atoms with Crippen molar-refractivity contribution < 1.29 is 13.6 Å². The molecule has 1 amide bonds. The molecule has 0 saturated heterocycles. The Kier molecular flexibility index (Phi) is 4.20. The summed E-state index contributed by atoms with van der Waals surface area (Å²) < 4.78 is 26.3. The molecule has 1 N–H and O–H groups in total. The Bertz CT molecular complexity index is 654. The van der Waals surface area contributed by atoms with Crippen LogP contribution in [0.25, 0.3) is 0 Å². The van der Waals surface area contributed by atoms with Gasteiger partial charge in [0, 0.05) is 17.2 Å². The summed E-state index contributed by atoms with van der Waals surface area (Å²) in [5.74, 6) is -1.78. The van der Waals surface area contributed by atoms with Gasteiger partial charge in [-0.05, 0) is 31.2 Å². The Balaban J connectivity index is 2.13. The van der Waals surface area contributed by atoms with Crippen LogP contribution in [0.2, 0.25) is 0 Å². The van der Waals surface area contributed by atoms with Crippen LogP contribution in [0, 0.1) is 11.6 Å². The predicted octanol–water partition coefficient (Wildman–Crippen LogP) is 3.12. The van der Waals surface area contributed by atoms with Crippen LogP contribution >= 0.6 is 0 Å². The first-order valence-corrected chi connectivity index (χ1v) is 5.93. The highest BCUT2D eigenvalue weighted by molar-refractivity contribution is 6.01. The average molecular weight is 274 g/mol. The first kappa shape index (κ1) is 13.9. The Labute approximate surface area is 114 Å². The van der Waals surface area contributed by atoms with Crippen LogP contribution in [0.5, 0.6) is 0 Å². The van der Waals surface area contributed by atoms with E-state index in [1.165, 1.54) is 13.0 Å². The molecule has 0 saturated carbocycles. The van der Waals surface area contributed by atoms with Gasteiger partial charge >= 0.3 is 0 Å². The number of hydrazone groups is 1. The standard InChI is InChI=1S/C15H12F2N2O/c1-10(13-8-7-12(16)9-14(13)17)18-19-15(20)11-5-3-2-4-6-11/h2-9H,1H3,(H,19,20)/b18-10-. The van der Waals surface area contributed by atoms with Crippen LogP contribution in [-0.2, 0) is 0 Å². The van der Waals surface area contributed by atoms with E-state index >= 15 is 0 Å². The van der Waals surface area contributed by atoms with Gasteiger partial charge in [0.15, 0.2) is 0 Å². The molecule has 0 spiro atoms. The predicted molar refractivity (Wildman–Crippen MR) is 72.5 cm³/mol. The van der Waals surface area contributed by atoms with Crippen LogP contribution < -0.4 is 5.43 Å². The molecule has 5 heteroatoms. The molecular formula is C15H12F2N2O. The van der Waals surface area contributed by atoms with Crippen molar-refractivity contribution in [1.82, 2.24) is 5.43 Å². The van der Waals surface area contributed by atoms with Gasteiger partial charge in [-0.3, -0.25) is 4.79 Å². The number of hydrogen-bond donors (Lipinski definition) is 1. The molecule has 2 aromatic carbocycles. The molecule has 102 valence electrons. The number of nitrogens with zero attached hydrogens (tertiary/aromatic N) is 1. The third-order valence-corrected chi connectivity index (χ3v) is 2.68. The topological polar surface area (TPSA) is 41.5 Å². The lowest BCUT2D eigenvalue weighted by Crippen LogP contribution is -2.19. The first-order valence-electron chi connectivity index (χ1n) is 5.93. The molecule has 0 bridgehead atoms. The molecule has 0 aliphatic rings. The monoisotopic (exact) mass is 274 g/mol. The molecule has 3 nitrogen and oxygen atoms in total. The maximum atomic E-state index is 13.5. The van der Waals surface area contributed by atoms with Crippen molar-refractivity contribution in [3.63, 3.8) is 0 Å². The second kappa shape index (κ2) is 6.06. The minimum absolute atomic E-state index is 0.139. The van der Waals surface area contributed by atoms with E-state index in [1.54, 1.807) is 30.3 Å². The zero-order valence-corrected chi connectivity index (χ0v) is 10.7. The number of halogens is 2. The minimum atomic E-state index is -0.722. The number of carbonyl (C=O) groups excluding carboxylic acids is 1. The summed E-state index contributed by atoms with van der Waals surface area (Å²) in [5.41, 5.74) is 3.17. The average Bonchev–Trinajstić information content (AvgIpc) is 2.45. The van der Waals surface area contributed by atoms with E-state index in [1.807, 2.05) is 0 Å². The molecule has 0 aromatic heterocycles. The highest BCUT2D eigenvalue weighted by atomic mass is 19.1. The lowest BCUT2D eigenvalue weighted by molar-refractivity contribution is 0.0955. The van der Waals surface area contributed by atoms with Gasteiger partial charge in [-0.1, -0.05) is 18.2 Å². The molecule has 0 aliphatic heterocycles. The minimum Gasteiger partial charge on any atom is -0.267 e. The normalized spacial score (nSPS) is 11.2. The molecular weight excluding hydrogens is 262 g/mol. The van der Waals surface area contributed by atoms with Crippen molar-refractivity contribution in [1.29, 1.82) is 0 Å². The number of amides is 1. The zero-order chi connectivity index (χ0) is 14.5. The maximum Gasteiger partial charge on any atom is 0.271 e. The second-order valence-electron chi connectivity index (χ2n) is 4.13. The zero-order valence-electron chi connectivity index (χ0n) is 10.7. The van der Waals surface area contributed by atoms with Crippen LogP contribution in [-0.4, -0.2) is 11.6 Å². The smallest absolute Gasteiger partial charge is 0.267 e. The number of hydrogen-bond acceptors (Lipinski definition) is 2. The summed E-state index contributed by atoms with van der Waals surface area (Å²) in [6.07, 6.45) is 0. The fraction of sp³-hybridized carbons (Fsp3) is 0.0667.